The molecule has 0 saturated heterocycles. The number of pyridine rings is 2. The Morgan fingerprint density at radius 3 is 2.84 bits per heavy atom. The second-order valence-electron chi connectivity index (χ2n) is 6.59. The van der Waals surface area contributed by atoms with Crippen LogP contribution in [0, 0.1) is 5.82 Å². The Morgan fingerprint density at radius 2 is 2.03 bits per heavy atom. The van der Waals surface area contributed by atoms with Crippen LogP contribution in [0.4, 0.5) is 10.2 Å². The van der Waals surface area contributed by atoms with Crippen molar-refractivity contribution in [3.63, 3.8) is 0 Å². The maximum absolute atomic E-state index is 13.8. The summed E-state index contributed by atoms with van der Waals surface area (Å²) in [7, 11) is 0. The van der Waals surface area contributed by atoms with Crippen molar-refractivity contribution in [3.8, 4) is 22.8 Å². The van der Waals surface area contributed by atoms with E-state index in [1.165, 1.54) is 37.1 Å². The highest BCUT2D eigenvalue weighted by molar-refractivity contribution is 5.97. The first-order chi connectivity index (χ1) is 15.6. The van der Waals surface area contributed by atoms with Crippen molar-refractivity contribution in [2.45, 2.75) is 6.54 Å². The average Bonchev–Trinajstić information content (AvgIpc) is 3.50. The smallest absolute Gasteiger partial charge is 0.274 e. The van der Waals surface area contributed by atoms with E-state index >= 15 is 0 Å². The van der Waals surface area contributed by atoms with Crippen LogP contribution in [0.5, 0.6) is 0 Å². The lowest BCUT2D eigenvalue weighted by molar-refractivity contribution is 0.0946. The highest BCUT2D eigenvalue weighted by atomic mass is 19.1. The number of nitrogens with one attached hydrogen (secondary N) is 1. The third-order valence-electron chi connectivity index (χ3n) is 4.57. The number of hydrogen-bond donors (Lipinski definition) is 2. The molecule has 0 saturated carbocycles. The van der Waals surface area contributed by atoms with Gasteiger partial charge in [-0.3, -0.25) is 9.78 Å². The lowest BCUT2D eigenvalue weighted by Gasteiger charge is -2.11. The summed E-state index contributed by atoms with van der Waals surface area (Å²) in [4.78, 5) is 33.7. The molecule has 5 rings (SSSR count). The minimum atomic E-state index is -0.637. The molecule has 0 aromatic carbocycles. The van der Waals surface area contributed by atoms with Crippen molar-refractivity contribution < 1.29 is 13.6 Å². The van der Waals surface area contributed by atoms with Crippen LogP contribution < -0.4 is 11.1 Å². The van der Waals surface area contributed by atoms with Crippen LogP contribution >= 0.6 is 0 Å². The number of halogens is 1. The van der Waals surface area contributed by atoms with E-state index in [1.807, 2.05) is 0 Å². The van der Waals surface area contributed by atoms with Crippen LogP contribution in [0.3, 0.4) is 0 Å². The lowest BCUT2D eigenvalue weighted by Crippen LogP contribution is -2.26. The lowest BCUT2D eigenvalue weighted by atomic mass is 10.1. The van der Waals surface area contributed by atoms with Gasteiger partial charge in [-0.1, -0.05) is 0 Å². The highest BCUT2D eigenvalue weighted by Crippen LogP contribution is 2.30. The number of amides is 1. The van der Waals surface area contributed by atoms with E-state index in [9.17, 15) is 9.18 Å². The minimum absolute atomic E-state index is 0.0839. The van der Waals surface area contributed by atoms with Crippen LogP contribution in [0.25, 0.3) is 28.5 Å². The van der Waals surface area contributed by atoms with Gasteiger partial charge in [-0.25, -0.2) is 28.8 Å². The second-order valence-corrected chi connectivity index (χ2v) is 6.59. The van der Waals surface area contributed by atoms with E-state index in [1.54, 1.807) is 22.8 Å². The summed E-state index contributed by atoms with van der Waals surface area (Å²) in [5, 5.41) is 6.68. The molecule has 0 bridgehead atoms. The summed E-state index contributed by atoms with van der Waals surface area (Å²) in [6, 6.07) is 6.21. The maximum atomic E-state index is 13.8. The third-order valence-corrected chi connectivity index (χ3v) is 4.57. The van der Waals surface area contributed by atoms with Crippen LogP contribution in [-0.4, -0.2) is 40.4 Å². The summed E-state index contributed by atoms with van der Waals surface area (Å²) < 4.78 is 20.7. The molecule has 0 radical (unpaired) electrons. The van der Waals surface area contributed by atoms with Crippen molar-refractivity contribution in [1.29, 1.82) is 0 Å². The molecule has 5 aromatic rings. The van der Waals surface area contributed by atoms with Gasteiger partial charge in [-0.05, 0) is 24.3 Å². The molecule has 32 heavy (non-hydrogen) atoms. The molecule has 0 unspecified atom stereocenters. The minimum Gasteiger partial charge on any atom is -0.443 e. The zero-order valence-corrected chi connectivity index (χ0v) is 16.3. The molecule has 1 amide bonds. The number of rotatable bonds is 5. The van der Waals surface area contributed by atoms with Crippen LogP contribution in [-0.2, 0) is 6.54 Å². The Morgan fingerprint density at radius 1 is 1.12 bits per heavy atom. The third kappa shape index (κ3) is 3.49. The molecular formula is C20H14FN9O2. The molecule has 12 heteroatoms. The van der Waals surface area contributed by atoms with Crippen LogP contribution in [0.1, 0.15) is 16.2 Å². The van der Waals surface area contributed by atoms with E-state index in [0.29, 0.717) is 16.9 Å². The predicted molar refractivity (Wildman–Crippen MR) is 109 cm³/mol. The van der Waals surface area contributed by atoms with Crippen molar-refractivity contribution in [1.82, 2.24) is 39.9 Å². The molecule has 0 aliphatic rings. The fourth-order valence-electron chi connectivity index (χ4n) is 3.06. The molecule has 0 atom stereocenters. The molecule has 0 aliphatic heterocycles. The topological polar surface area (TPSA) is 150 Å². The molecule has 0 spiro atoms. The number of fused-ring (bicyclic) bond motifs is 1. The number of carbonyl (C=O) groups is 1. The maximum Gasteiger partial charge on any atom is 0.274 e. The van der Waals surface area contributed by atoms with Gasteiger partial charge in [0.25, 0.3) is 5.91 Å². The first-order valence-corrected chi connectivity index (χ1v) is 9.35. The quantitative estimate of drug-likeness (QED) is 0.425. The Kier molecular flexibility index (Phi) is 4.71. The Balaban J connectivity index is 1.56. The average molecular weight is 431 g/mol. The molecule has 5 heterocycles. The Bertz CT molecular complexity index is 1430. The molecule has 158 valence electrons. The van der Waals surface area contributed by atoms with Crippen LogP contribution in [0.15, 0.2) is 59.9 Å². The van der Waals surface area contributed by atoms with E-state index < -0.39 is 11.7 Å². The van der Waals surface area contributed by atoms with Gasteiger partial charge in [0.1, 0.15) is 24.1 Å². The van der Waals surface area contributed by atoms with Gasteiger partial charge >= 0.3 is 0 Å². The van der Waals surface area contributed by atoms with Crippen molar-refractivity contribution in [2.24, 2.45) is 0 Å². The standard InChI is InChI=1S/C20H14FN9O2/c21-12-2-1-5-23-13(12)8-25-19(31)17-18(22)29-16(20-24-6-7-32-20)15(28-17)11-3-4-14-26-10-27-30(14)9-11/h1-7,9-10H,8H2,(H2,22,29)(H,25,31). The summed E-state index contributed by atoms with van der Waals surface area (Å²) >= 11 is 0. The van der Waals surface area contributed by atoms with Gasteiger partial charge in [-0.15, -0.1) is 0 Å². The van der Waals surface area contributed by atoms with Gasteiger partial charge in [0, 0.05) is 18.0 Å². The number of nitrogens with two attached hydrogens (primary N) is 1. The monoisotopic (exact) mass is 431 g/mol. The van der Waals surface area contributed by atoms with E-state index in [0.717, 1.165) is 0 Å². The molecule has 11 nitrogen and oxygen atoms in total. The number of anilines is 1. The van der Waals surface area contributed by atoms with Crippen molar-refractivity contribution in [2.75, 3.05) is 5.73 Å². The van der Waals surface area contributed by atoms with Crippen LogP contribution in [0.2, 0.25) is 0 Å². The summed E-state index contributed by atoms with van der Waals surface area (Å²) in [5.41, 5.74) is 7.73. The summed E-state index contributed by atoms with van der Waals surface area (Å²) in [6.45, 7) is -0.144. The largest absolute Gasteiger partial charge is 0.443 e. The Labute approximate surface area is 179 Å². The number of aromatic nitrogens is 7. The predicted octanol–water partition coefficient (Wildman–Crippen LogP) is 1.89. The number of nitrogen functional groups attached to an aromatic ring is 1. The van der Waals surface area contributed by atoms with Gasteiger partial charge in [0.2, 0.25) is 5.89 Å². The Hall–Kier alpha value is -4.74. The summed E-state index contributed by atoms with van der Waals surface area (Å²) in [5.74, 6) is -1.13. The van der Waals surface area contributed by atoms with E-state index in [-0.39, 0.29) is 35.3 Å². The van der Waals surface area contributed by atoms with Crippen molar-refractivity contribution >= 4 is 17.4 Å². The molecular weight excluding hydrogens is 417 g/mol. The first kappa shape index (κ1) is 19.2. The zero-order chi connectivity index (χ0) is 22.1. The van der Waals surface area contributed by atoms with E-state index in [2.05, 4.69) is 35.3 Å². The molecule has 0 fully saturated rings. The van der Waals surface area contributed by atoms with Gasteiger partial charge < -0.3 is 15.5 Å². The molecule has 3 N–H and O–H groups in total. The van der Waals surface area contributed by atoms with Gasteiger partial charge in [0.05, 0.1) is 18.4 Å². The second kappa shape index (κ2) is 7.83. The first-order valence-electron chi connectivity index (χ1n) is 9.35. The highest BCUT2D eigenvalue weighted by Gasteiger charge is 2.22. The van der Waals surface area contributed by atoms with Gasteiger partial charge in [0.15, 0.2) is 22.9 Å². The van der Waals surface area contributed by atoms with Gasteiger partial charge in [-0.2, -0.15) is 5.10 Å². The number of carbonyl (C=O) groups excluding carboxylic acids is 1. The van der Waals surface area contributed by atoms with Crippen molar-refractivity contribution in [3.05, 3.63) is 72.7 Å². The number of nitrogens with zero attached hydrogens (tertiary/aromatic N) is 7. The molecule has 0 aliphatic carbocycles. The molecule has 5 aromatic heterocycles. The summed E-state index contributed by atoms with van der Waals surface area (Å²) in [6.07, 6.45) is 7.37. The normalized spacial score (nSPS) is 11.0. The number of hydrogen-bond acceptors (Lipinski definition) is 9. The zero-order valence-electron chi connectivity index (χ0n) is 16.3. The fourth-order valence-corrected chi connectivity index (χ4v) is 3.06. The fraction of sp³-hybridized carbons (Fsp3) is 0.0500. The SMILES string of the molecule is Nc1nc(-c2ncco2)c(-c2ccc3ncnn3c2)nc1C(=O)NCc1ncccc1F. The van der Waals surface area contributed by atoms with E-state index in [4.69, 9.17) is 10.2 Å². The number of oxazole rings is 1.